The Morgan fingerprint density at radius 3 is 3.21 bits per heavy atom. The number of nitrogens with one attached hydrogen (secondary N) is 2. The molecule has 0 aromatic carbocycles. The summed E-state index contributed by atoms with van der Waals surface area (Å²) in [6, 6.07) is 2.04. The molecule has 1 aromatic heterocycles. The van der Waals surface area contributed by atoms with Crippen molar-refractivity contribution in [1.29, 1.82) is 0 Å². The highest BCUT2D eigenvalue weighted by atomic mass is 32.2. The van der Waals surface area contributed by atoms with E-state index in [1.807, 2.05) is 30.2 Å². The molecule has 0 amide bonds. The van der Waals surface area contributed by atoms with Crippen molar-refractivity contribution in [2.45, 2.75) is 18.6 Å². The van der Waals surface area contributed by atoms with E-state index in [-0.39, 0.29) is 0 Å². The van der Waals surface area contributed by atoms with E-state index >= 15 is 0 Å². The second-order valence-electron chi connectivity index (χ2n) is 3.85. The largest absolute Gasteiger partial charge is 0.388 e. The summed E-state index contributed by atoms with van der Waals surface area (Å²) in [6.45, 7) is 1.53. The first-order valence-corrected chi connectivity index (χ1v) is 6.07. The third-order valence-electron chi connectivity index (χ3n) is 2.53. The maximum atomic E-state index is 10.0. The maximum Gasteiger partial charge on any atom is 0.0869 e. The first kappa shape index (κ1) is 10.1. The van der Waals surface area contributed by atoms with Crippen molar-refractivity contribution in [2.24, 2.45) is 0 Å². The molecule has 1 aromatic rings. The second-order valence-corrected chi connectivity index (χ2v) is 4.95. The lowest BCUT2D eigenvalue weighted by molar-refractivity contribution is 0.0675. The quantitative estimate of drug-likeness (QED) is 0.697. The highest BCUT2D eigenvalue weighted by molar-refractivity contribution is 7.99. The molecule has 78 valence electrons. The van der Waals surface area contributed by atoms with E-state index in [1.54, 1.807) is 0 Å². The number of thioether (sulfide) groups is 1. The van der Waals surface area contributed by atoms with Crippen LogP contribution in [-0.4, -0.2) is 33.7 Å². The normalized spacial score (nSPS) is 26.9. The van der Waals surface area contributed by atoms with Gasteiger partial charge in [-0.05, 0) is 23.8 Å². The van der Waals surface area contributed by atoms with Crippen LogP contribution < -0.4 is 5.32 Å². The van der Waals surface area contributed by atoms with Crippen molar-refractivity contribution in [3.8, 4) is 0 Å². The van der Waals surface area contributed by atoms with Crippen molar-refractivity contribution in [3.05, 3.63) is 24.0 Å². The first-order chi connectivity index (χ1) is 6.79. The van der Waals surface area contributed by atoms with Gasteiger partial charge in [-0.25, -0.2) is 0 Å². The molecule has 2 heterocycles. The van der Waals surface area contributed by atoms with E-state index in [0.717, 1.165) is 24.5 Å². The van der Waals surface area contributed by atoms with Gasteiger partial charge < -0.3 is 15.4 Å². The Morgan fingerprint density at radius 1 is 1.64 bits per heavy atom. The zero-order valence-corrected chi connectivity index (χ0v) is 8.94. The highest BCUT2D eigenvalue weighted by Crippen LogP contribution is 2.26. The van der Waals surface area contributed by atoms with Gasteiger partial charge >= 0.3 is 0 Å². The summed E-state index contributed by atoms with van der Waals surface area (Å²) in [5.41, 5.74) is 0.764. The van der Waals surface area contributed by atoms with Crippen LogP contribution in [-0.2, 0) is 6.54 Å². The lowest BCUT2D eigenvalue weighted by Gasteiger charge is -2.21. The van der Waals surface area contributed by atoms with Gasteiger partial charge in [-0.1, -0.05) is 0 Å². The van der Waals surface area contributed by atoms with E-state index in [0.29, 0.717) is 6.54 Å². The van der Waals surface area contributed by atoms with Gasteiger partial charge in [0.15, 0.2) is 0 Å². The number of hydrogen-bond donors (Lipinski definition) is 3. The Hall–Kier alpha value is -0.450. The van der Waals surface area contributed by atoms with E-state index in [1.165, 1.54) is 5.56 Å². The molecule has 1 saturated heterocycles. The molecule has 0 saturated carbocycles. The average Bonchev–Trinajstić information content (AvgIpc) is 2.77. The number of H-pyrrole nitrogens is 1. The summed E-state index contributed by atoms with van der Waals surface area (Å²) in [5, 5.41) is 13.3. The lowest BCUT2D eigenvalue weighted by Crippen LogP contribution is -2.40. The number of aliphatic hydroxyl groups is 1. The van der Waals surface area contributed by atoms with E-state index in [4.69, 9.17) is 0 Å². The Bertz CT molecular complexity index is 268. The fourth-order valence-electron chi connectivity index (χ4n) is 1.64. The molecule has 1 unspecified atom stereocenters. The molecule has 0 radical (unpaired) electrons. The van der Waals surface area contributed by atoms with Crippen LogP contribution in [0.25, 0.3) is 0 Å². The molecule has 0 spiro atoms. The number of aromatic nitrogens is 1. The molecule has 1 fully saturated rings. The number of aromatic amines is 1. The van der Waals surface area contributed by atoms with Crippen molar-refractivity contribution in [3.63, 3.8) is 0 Å². The smallest absolute Gasteiger partial charge is 0.0869 e. The van der Waals surface area contributed by atoms with Crippen LogP contribution in [0.2, 0.25) is 0 Å². The van der Waals surface area contributed by atoms with Gasteiger partial charge in [0.2, 0.25) is 0 Å². The zero-order valence-electron chi connectivity index (χ0n) is 8.12. The van der Waals surface area contributed by atoms with Crippen LogP contribution in [0.1, 0.15) is 12.0 Å². The minimum atomic E-state index is -0.471. The van der Waals surface area contributed by atoms with Gasteiger partial charge in [-0.3, -0.25) is 0 Å². The summed E-state index contributed by atoms with van der Waals surface area (Å²) in [7, 11) is 0. The Balaban J connectivity index is 1.72. The predicted molar refractivity (Wildman–Crippen MR) is 59.4 cm³/mol. The third kappa shape index (κ3) is 2.53. The highest BCUT2D eigenvalue weighted by Gasteiger charge is 2.30. The van der Waals surface area contributed by atoms with Crippen LogP contribution in [0.5, 0.6) is 0 Å². The molecular formula is C10H16N2OS. The Kier molecular flexibility index (Phi) is 3.15. The average molecular weight is 212 g/mol. The van der Waals surface area contributed by atoms with Crippen LogP contribution in [0.3, 0.4) is 0 Å². The monoisotopic (exact) mass is 212 g/mol. The summed E-state index contributed by atoms with van der Waals surface area (Å²) < 4.78 is 0. The van der Waals surface area contributed by atoms with Crippen molar-refractivity contribution < 1.29 is 5.11 Å². The fraction of sp³-hybridized carbons (Fsp3) is 0.600. The van der Waals surface area contributed by atoms with Crippen LogP contribution >= 0.6 is 11.8 Å². The first-order valence-electron chi connectivity index (χ1n) is 4.91. The molecule has 3 N–H and O–H groups in total. The summed E-state index contributed by atoms with van der Waals surface area (Å²) in [4.78, 5) is 3.01. The van der Waals surface area contributed by atoms with Crippen molar-refractivity contribution >= 4 is 11.8 Å². The van der Waals surface area contributed by atoms with Gasteiger partial charge in [0.05, 0.1) is 5.60 Å². The van der Waals surface area contributed by atoms with E-state index in [9.17, 15) is 5.11 Å². The summed E-state index contributed by atoms with van der Waals surface area (Å²) in [5.74, 6) is 1.95. The SMILES string of the molecule is OC1(CNCc2cc[nH]c2)CCSC1. The molecule has 3 nitrogen and oxygen atoms in total. The summed E-state index contributed by atoms with van der Waals surface area (Å²) >= 11 is 1.83. The van der Waals surface area contributed by atoms with Crippen LogP contribution in [0, 0.1) is 0 Å². The predicted octanol–water partition coefficient (Wildman–Crippen LogP) is 0.972. The molecule has 0 bridgehead atoms. The van der Waals surface area contributed by atoms with Crippen LogP contribution in [0.4, 0.5) is 0 Å². The fourth-order valence-corrected chi connectivity index (χ4v) is 2.94. The number of rotatable bonds is 4. The van der Waals surface area contributed by atoms with Gasteiger partial charge in [0.25, 0.3) is 0 Å². The third-order valence-corrected chi connectivity index (χ3v) is 3.76. The molecule has 1 aliphatic heterocycles. The molecule has 2 rings (SSSR count). The van der Waals surface area contributed by atoms with Crippen LogP contribution in [0.15, 0.2) is 18.5 Å². The summed E-state index contributed by atoms with van der Waals surface area (Å²) in [6.07, 6.45) is 4.80. The molecule has 1 atom stereocenters. The second kappa shape index (κ2) is 4.38. The van der Waals surface area contributed by atoms with E-state index < -0.39 is 5.60 Å². The Labute approximate surface area is 88.3 Å². The van der Waals surface area contributed by atoms with Crippen molar-refractivity contribution in [2.75, 3.05) is 18.1 Å². The lowest BCUT2D eigenvalue weighted by atomic mass is 10.0. The maximum absolute atomic E-state index is 10.0. The topological polar surface area (TPSA) is 48.0 Å². The molecule has 4 heteroatoms. The van der Waals surface area contributed by atoms with Gasteiger partial charge in [0.1, 0.15) is 0 Å². The zero-order chi connectivity index (χ0) is 9.86. The van der Waals surface area contributed by atoms with Crippen molar-refractivity contribution in [1.82, 2.24) is 10.3 Å². The van der Waals surface area contributed by atoms with E-state index in [2.05, 4.69) is 10.3 Å². The number of hydrogen-bond acceptors (Lipinski definition) is 3. The molecule has 0 aliphatic carbocycles. The minimum Gasteiger partial charge on any atom is -0.388 e. The molecule has 1 aliphatic rings. The Morgan fingerprint density at radius 2 is 2.57 bits per heavy atom. The molecular weight excluding hydrogens is 196 g/mol. The minimum absolute atomic E-state index is 0.471. The standard InChI is InChI=1S/C10H16N2OS/c13-10(2-4-14-8-10)7-12-6-9-1-3-11-5-9/h1,3,5,11-13H,2,4,6-8H2. The van der Waals surface area contributed by atoms with Gasteiger partial charge in [-0.15, -0.1) is 0 Å². The van der Waals surface area contributed by atoms with Gasteiger partial charge in [0, 0.05) is 31.2 Å². The molecule has 14 heavy (non-hydrogen) atoms. The van der Waals surface area contributed by atoms with Gasteiger partial charge in [-0.2, -0.15) is 11.8 Å².